The molecule has 0 aliphatic carbocycles. The van der Waals surface area contributed by atoms with Gasteiger partial charge in [-0.3, -0.25) is 14.5 Å². The molecule has 0 aromatic heterocycles. The van der Waals surface area contributed by atoms with Crippen LogP contribution in [0.1, 0.15) is 11.1 Å². The van der Waals surface area contributed by atoms with Gasteiger partial charge in [0, 0.05) is 32.9 Å². The Balaban J connectivity index is 2.05. The molecule has 1 heterocycles. The van der Waals surface area contributed by atoms with Crippen molar-refractivity contribution < 1.29 is 28.5 Å². The molecule has 2 aromatic carbocycles. The lowest BCUT2D eigenvalue weighted by molar-refractivity contribution is -0.138. The number of para-hydroxylation sites is 1. The number of carbonyl (C=O) groups excluding carboxylic acids is 2. The van der Waals surface area contributed by atoms with E-state index in [4.69, 9.17) is 18.9 Å². The molecule has 8 nitrogen and oxygen atoms in total. The SMILES string of the molecule is COCCN(CCOC)C1=C(c2ccc(OC)cc2)C(=O)N(Cc2ccccc2OC)C1=O. The fourth-order valence-electron chi connectivity index (χ4n) is 3.76. The highest BCUT2D eigenvalue weighted by atomic mass is 16.5. The molecule has 3 rings (SSSR count). The van der Waals surface area contributed by atoms with E-state index in [0.29, 0.717) is 54.6 Å². The van der Waals surface area contributed by atoms with Crippen molar-refractivity contribution in [2.45, 2.75) is 6.54 Å². The van der Waals surface area contributed by atoms with E-state index >= 15 is 0 Å². The van der Waals surface area contributed by atoms with Crippen molar-refractivity contribution in [3.8, 4) is 11.5 Å². The van der Waals surface area contributed by atoms with E-state index in [1.807, 2.05) is 29.2 Å². The molecule has 0 unspecified atom stereocenters. The Morgan fingerprint density at radius 3 is 2.00 bits per heavy atom. The Hall–Kier alpha value is -3.36. The summed E-state index contributed by atoms with van der Waals surface area (Å²) in [5.41, 5.74) is 2.09. The summed E-state index contributed by atoms with van der Waals surface area (Å²) in [7, 11) is 6.35. The lowest BCUT2D eigenvalue weighted by Gasteiger charge is -2.25. The summed E-state index contributed by atoms with van der Waals surface area (Å²) in [6.07, 6.45) is 0. The number of amides is 2. The van der Waals surface area contributed by atoms with Crippen LogP contribution >= 0.6 is 0 Å². The predicted molar refractivity (Wildman–Crippen MR) is 124 cm³/mol. The van der Waals surface area contributed by atoms with E-state index in [1.54, 1.807) is 52.7 Å². The third-order valence-corrected chi connectivity index (χ3v) is 5.49. The number of hydrogen-bond acceptors (Lipinski definition) is 7. The van der Waals surface area contributed by atoms with Crippen LogP contribution in [0.15, 0.2) is 54.2 Å². The van der Waals surface area contributed by atoms with Crippen molar-refractivity contribution in [1.29, 1.82) is 0 Å². The lowest BCUT2D eigenvalue weighted by Crippen LogP contribution is -2.37. The van der Waals surface area contributed by atoms with E-state index in [0.717, 1.165) is 5.56 Å². The Bertz CT molecular complexity index is 994. The van der Waals surface area contributed by atoms with Crippen molar-refractivity contribution >= 4 is 17.4 Å². The van der Waals surface area contributed by atoms with Gasteiger partial charge < -0.3 is 23.8 Å². The molecule has 2 aromatic rings. The average molecular weight is 455 g/mol. The number of carbonyl (C=O) groups is 2. The highest BCUT2D eigenvalue weighted by Gasteiger charge is 2.41. The van der Waals surface area contributed by atoms with Gasteiger partial charge in [-0.15, -0.1) is 0 Å². The summed E-state index contributed by atoms with van der Waals surface area (Å²) < 4.78 is 21.2. The van der Waals surface area contributed by atoms with E-state index in [1.165, 1.54) is 4.90 Å². The molecule has 0 fully saturated rings. The quantitative estimate of drug-likeness (QED) is 0.456. The predicted octanol–water partition coefficient (Wildman–Crippen LogP) is 2.58. The van der Waals surface area contributed by atoms with Crippen molar-refractivity contribution in [2.24, 2.45) is 0 Å². The number of nitrogens with zero attached hydrogens (tertiary/aromatic N) is 2. The Kier molecular flexibility index (Phi) is 8.46. The summed E-state index contributed by atoms with van der Waals surface area (Å²) in [5, 5.41) is 0. The number of hydrogen-bond donors (Lipinski definition) is 0. The first kappa shape index (κ1) is 24.3. The third-order valence-electron chi connectivity index (χ3n) is 5.49. The minimum atomic E-state index is -0.357. The normalized spacial score (nSPS) is 13.6. The van der Waals surface area contributed by atoms with E-state index in [9.17, 15) is 9.59 Å². The van der Waals surface area contributed by atoms with Crippen molar-refractivity contribution in [1.82, 2.24) is 9.80 Å². The highest BCUT2D eigenvalue weighted by molar-refractivity contribution is 6.35. The molecule has 8 heteroatoms. The number of ether oxygens (including phenoxy) is 4. The summed E-state index contributed by atoms with van der Waals surface area (Å²) in [4.78, 5) is 30.4. The van der Waals surface area contributed by atoms with Gasteiger partial charge in [-0.1, -0.05) is 30.3 Å². The van der Waals surface area contributed by atoms with E-state index in [2.05, 4.69) is 0 Å². The monoisotopic (exact) mass is 454 g/mol. The number of rotatable bonds is 12. The third kappa shape index (κ3) is 5.35. The fraction of sp³-hybridized carbons (Fsp3) is 0.360. The molecule has 0 saturated heterocycles. The zero-order chi connectivity index (χ0) is 23.8. The lowest BCUT2D eigenvalue weighted by atomic mass is 10.0. The van der Waals surface area contributed by atoms with Gasteiger partial charge in [0.15, 0.2) is 0 Å². The summed E-state index contributed by atoms with van der Waals surface area (Å²) >= 11 is 0. The van der Waals surface area contributed by atoms with Crippen LogP contribution in [0.3, 0.4) is 0 Å². The zero-order valence-corrected chi connectivity index (χ0v) is 19.5. The van der Waals surface area contributed by atoms with Gasteiger partial charge in [0.05, 0.1) is 39.6 Å². The second-order valence-electron chi connectivity index (χ2n) is 7.43. The number of benzene rings is 2. The van der Waals surface area contributed by atoms with Crippen molar-refractivity contribution in [2.75, 3.05) is 54.7 Å². The molecule has 33 heavy (non-hydrogen) atoms. The summed E-state index contributed by atoms with van der Waals surface area (Å²) in [5.74, 6) is 0.571. The molecule has 0 spiro atoms. The number of methoxy groups -OCH3 is 4. The van der Waals surface area contributed by atoms with Crippen LogP contribution in [0, 0.1) is 0 Å². The molecule has 1 aliphatic heterocycles. The fourth-order valence-corrected chi connectivity index (χ4v) is 3.76. The molecule has 0 radical (unpaired) electrons. The first-order valence-electron chi connectivity index (χ1n) is 10.6. The molecule has 0 atom stereocenters. The molecule has 176 valence electrons. The molecule has 0 saturated carbocycles. The van der Waals surface area contributed by atoms with Gasteiger partial charge in [-0.2, -0.15) is 0 Å². The van der Waals surface area contributed by atoms with Crippen LogP contribution in [-0.2, 0) is 25.6 Å². The second-order valence-corrected chi connectivity index (χ2v) is 7.43. The molecule has 1 aliphatic rings. The molecule has 2 amide bonds. The Morgan fingerprint density at radius 2 is 1.42 bits per heavy atom. The van der Waals surface area contributed by atoms with Gasteiger partial charge in [0.25, 0.3) is 11.8 Å². The Labute approximate surface area is 194 Å². The molecule has 0 bridgehead atoms. The molecule has 0 N–H and O–H groups in total. The van der Waals surface area contributed by atoms with Crippen LogP contribution in [0.25, 0.3) is 5.57 Å². The topological polar surface area (TPSA) is 77.5 Å². The highest BCUT2D eigenvalue weighted by Crippen LogP contribution is 2.34. The largest absolute Gasteiger partial charge is 0.497 e. The standard InChI is InChI=1S/C25H30N2O6/c1-30-15-13-26(14-16-31-2)23-22(18-9-11-20(32-3)12-10-18)24(28)27(25(23)29)17-19-7-5-6-8-21(19)33-4/h5-12H,13-17H2,1-4H3. The van der Waals surface area contributed by atoms with Gasteiger partial charge >= 0.3 is 0 Å². The maximum atomic E-state index is 13.7. The zero-order valence-electron chi connectivity index (χ0n) is 19.5. The Morgan fingerprint density at radius 1 is 0.788 bits per heavy atom. The van der Waals surface area contributed by atoms with E-state index < -0.39 is 0 Å². The van der Waals surface area contributed by atoms with Gasteiger partial charge in [0.1, 0.15) is 17.2 Å². The van der Waals surface area contributed by atoms with Crippen LogP contribution in [0.2, 0.25) is 0 Å². The van der Waals surface area contributed by atoms with Crippen molar-refractivity contribution in [3.63, 3.8) is 0 Å². The van der Waals surface area contributed by atoms with Crippen molar-refractivity contribution in [3.05, 3.63) is 65.4 Å². The van der Waals surface area contributed by atoms with Crippen LogP contribution in [0.5, 0.6) is 11.5 Å². The van der Waals surface area contributed by atoms with Gasteiger partial charge in [-0.25, -0.2) is 0 Å². The minimum absolute atomic E-state index is 0.104. The first-order valence-corrected chi connectivity index (χ1v) is 10.6. The van der Waals surface area contributed by atoms with Crippen LogP contribution in [0.4, 0.5) is 0 Å². The van der Waals surface area contributed by atoms with Crippen LogP contribution < -0.4 is 9.47 Å². The maximum absolute atomic E-state index is 13.7. The van der Waals surface area contributed by atoms with Crippen LogP contribution in [-0.4, -0.2) is 76.4 Å². The summed E-state index contributed by atoms with van der Waals surface area (Å²) in [6.45, 7) is 1.79. The van der Waals surface area contributed by atoms with E-state index in [-0.39, 0.29) is 18.4 Å². The molecular weight excluding hydrogens is 424 g/mol. The van der Waals surface area contributed by atoms with Gasteiger partial charge in [0.2, 0.25) is 0 Å². The smallest absolute Gasteiger partial charge is 0.278 e. The maximum Gasteiger partial charge on any atom is 0.278 e. The van der Waals surface area contributed by atoms with Gasteiger partial charge in [-0.05, 0) is 23.8 Å². The second kappa shape index (κ2) is 11.5. The molecular formula is C25H30N2O6. The number of imide groups is 1. The first-order chi connectivity index (χ1) is 16.0. The minimum Gasteiger partial charge on any atom is -0.497 e. The average Bonchev–Trinajstić information content (AvgIpc) is 3.09. The summed E-state index contributed by atoms with van der Waals surface area (Å²) in [6, 6.07) is 14.5.